The van der Waals surface area contributed by atoms with Gasteiger partial charge in [-0.25, -0.2) is 0 Å². The molecule has 0 aromatic rings. The Kier molecular flexibility index (Phi) is 3.53. The maximum Gasteiger partial charge on any atom is 0.184 e. The third-order valence-corrected chi connectivity index (χ3v) is 5.60. The molecule has 0 spiro atoms. The summed E-state index contributed by atoms with van der Waals surface area (Å²) in [5, 5.41) is 0.148. The van der Waals surface area contributed by atoms with Crippen LogP contribution in [0.2, 0.25) is 32.7 Å². The fraction of sp³-hybridized carbons (Fsp3) is 1.00. The maximum absolute atomic E-state index is 6.07. The standard InChI is InChI=1S/C8H21OSi2/c1-8(2,10(3)4)9-11(5,6)7/h1-7H3. The predicted molar refractivity (Wildman–Crippen MR) is 56.0 cm³/mol. The third-order valence-electron chi connectivity index (χ3n) is 1.77. The second kappa shape index (κ2) is 3.41. The second-order valence-corrected chi connectivity index (χ2v) is 12.4. The van der Waals surface area contributed by atoms with Crippen molar-refractivity contribution in [3.63, 3.8) is 0 Å². The minimum Gasteiger partial charge on any atom is -0.416 e. The van der Waals surface area contributed by atoms with E-state index in [2.05, 4.69) is 46.6 Å². The van der Waals surface area contributed by atoms with E-state index in [-0.39, 0.29) is 14.0 Å². The Bertz CT molecular complexity index is 125. The molecule has 0 aliphatic carbocycles. The van der Waals surface area contributed by atoms with Crippen molar-refractivity contribution < 1.29 is 4.43 Å². The van der Waals surface area contributed by atoms with Crippen LogP contribution >= 0.6 is 0 Å². The van der Waals surface area contributed by atoms with E-state index < -0.39 is 8.32 Å². The van der Waals surface area contributed by atoms with E-state index in [1.54, 1.807) is 0 Å². The summed E-state index contributed by atoms with van der Waals surface area (Å²) >= 11 is 0. The highest BCUT2D eigenvalue weighted by molar-refractivity contribution is 6.71. The van der Waals surface area contributed by atoms with E-state index in [9.17, 15) is 0 Å². The average Bonchev–Trinajstić information content (AvgIpc) is 1.56. The molecule has 0 aliphatic heterocycles. The summed E-state index contributed by atoms with van der Waals surface area (Å²) in [5.74, 6) is 0. The molecule has 0 aliphatic rings. The molecule has 0 bridgehead atoms. The first-order valence-electron chi connectivity index (χ1n) is 4.16. The van der Waals surface area contributed by atoms with Crippen LogP contribution in [-0.4, -0.2) is 22.3 Å². The summed E-state index contributed by atoms with van der Waals surface area (Å²) in [6, 6.07) is 0. The van der Waals surface area contributed by atoms with Crippen molar-refractivity contribution in [2.45, 2.75) is 51.8 Å². The van der Waals surface area contributed by atoms with Gasteiger partial charge in [-0.15, -0.1) is 0 Å². The normalized spacial score (nSPS) is 14.2. The highest BCUT2D eigenvalue weighted by atomic mass is 28.4. The van der Waals surface area contributed by atoms with Crippen LogP contribution in [0.15, 0.2) is 0 Å². The Morgan fingerprint density at radius 3 is 1.55 bits per heavy atom. The lowest BCUT2D eigenvalue weighted by molar-refractivity contribution is 0.182. The van der Waals surface area contributed by atoms with Gasteiger partial charge in [0.15, 0.2) is 8.32 Å². The molecule has 0 fully saturated rings. The first-order chi connectivity index (χ1) is 4.65. The topological polar surface area (TPSA) is 9.23 Å². The summed E-state index contributed by atoms with van der Waals surface area (Å²) < 4.78 is 6.07. The van der Waals surface area contributed by atoms with Crippen LogP contribution < -0.4 is 0 Å². The molecule has 0 N–H and O–H groups in total. The minimum atomic E-state index is -1.33. The van der Waals surface area contributed by atoms with Gasteiger partial charge in [-0.2, -0.15) is 0 Å². The van der Waals surface area contributed by atoms with E-state index in [1.165, 1.54) is 0 Å². The molecule has 0 heterocycles. The lowest BCUT2D eigenvalue weighted by Crippen LogP contribution is -2.46. The van der Waals surface area contributed by atoms with E-state index in [1.807, 2.05) is 0 Å². The lowest BCUT2D eigenvalue weighted by Gasteiger charge is -2.35. The van der Waals surface area contributed by atoms with Gasteiger partial charge in [-0.05, 0) is 33.5 Å². The van der Waals surface area contributed by atoms with Gasteiger partial charge in [0.25, 0.3) is 0 Å². The Labute approximate surface area is 73.9 Å². The fourth-order valence-corrected chi connectivity index (χ4v) is 4.13. The molecular formula is C8H21OSi2. The minimum absolute atomic E-state index is 0.148. The van der Waals surface area contributed by atoms with Crippen molar-refractivity contribution in [2.24, 2.45) is 0 Å². The quantitative estimate of drug-likeness (QED) is 0.620. The SMILES string of the molecule is C[Si](C)C(C)(C)O[Si](C)(C)C. The second-order valence-electron chi connectivity index (χ2n) is 4.72. The highest BCUT2D eigenvalue weighted by Gasteiger charge is 2.30. The van der Waals surface area contributed by atoms with Crippen LogP contribution in [0.1, 0.15) is 13.8 Å². The Morgan fingerprint density at radius 2 is 1.45 bits per heavy atom. The zero-order valence-electron chi connectivity index (χ0n) is 8.91. The van der Waals surface area contributed by atoms with Gasteiger partial charge >= 0.3 is 0 Å². The van der Waals surface area contributed by atoms with Crippen LogP contribution in [0.25, 0.3) is 0 Å². The van der Waals surface area contributed by atoms with Crippen molar-refractivity contribution in [3.8, 4) is 0 Å². The van der Waals surface area contributed by atoms with Gasteiger partial charge in [-0.1, -0.05) is 13.1 Å². The van der Waals surface area contributed by atoms with Crippen molar-refractivity contribution in [1.82, 2.24) is 0 Å². The third kappa shape index (κ3) is 4.77. The molecular weight excluding hydrogens is 168 g/mol. The average molecular weight is 189 g/mol. The van der Waals surface area contributed by atoms with Gasteiger partial charge in [-0.3, -0.25) is 0 Å². The molecule has 3 heteroatoms. The van der Waals surface area contributed by atoms with Crippen molar-refractivity contribution in [2.75, 3.05) is 0 Å². The van der Waals surface area contributed by atoms with Crippen LogP contribution in [0.5, 0.6) is 0 Å². The molecule has 0 rings (SSSR count). The number of hydrogen-bond donors (Lipinski definition) is 0. The maximum atomic E-state index is 6.07. The summed E-state index contributed by atoms with van der Waals surface area (Å²) in [6.45, 7) is 15.8. The first kappa shape index (κ1) is 11.4. The lowest BCUT2D eigenvalue weighted by atomic mass is 10.5. The zero-order valence-corrected chi connectivity index (χ0v) is 10.9. The zero-order chi connectivity index (χ0) is 9.28. The smallest absolute Gasteiger partial charge is 0.184 e. The number of hydrogen-bond acceptors (Lipinski definition) is 1. The molecule has 1 nitrogen and oxygen atoms in total. The van der Waals surface area contributed by atoms with Crippen LogP contribution in [0, 0.1) is 0 Å². The Morgan fingerprint density at radius 1 is 1.09 bits per heavy atom. The van der Waals surface area contributed by atoms with Crippen LogP contribution in [0.4, 0.5) is 0 Å². The first-order valence-corrected chi connectivity index (χ1v) is 10.1. The predicted octanol–water partition coefficient (Wildman–Crippen LogP) is 2.91. The molecule has 0 aromatic carbocycles. The van der Waals surface area contributed by atoms with E-state index in [4.69, 9.17) is 4.43 Å². The molecule has 0 aromatic heterocycles. The van der Waals surface area contributed by atoms with Gasteiger partial charge in [0.1, 0.15) is 0 Å². The Hall–Kier alpha value is 0.394. The van der Waals surface area contributed by atoms with Crippen LogP contribution in [0.3, 0.4) is 0 Å². The molecule has 0 saturated heterocycles. The van der Waals surface area contributed by atoms with Gasteiger partial charge in [0.2, 0.25) is 0 Å². The fourth-order valence-electron chi connectivity index (χ4n) is 0.868. The number of rotatable bonds is 3. The molecule has 67 valence electrons. The molecule has 0 amide bonds. The summed E-state index contributed by atoms with van der Waals surface area (Å²) in [5.41, 5.74) is 0. The summed E-state index contributed by atoms with van der Waals surface area (Å²) in [7, 11) is -1.66. The van der Waals surface area contributed by atoms with E-state index in [0.717, 1.165) is 0 Å². The molecule has 0 saturated carbocycles. The van der Waals surface area contributed by atoms with Crippen molar-refractivity contribution in [1.29, 1.82) is 0 Å². The summed E-state index contributed by atoms with van der Waals surface area (Å²) in [4.78, 5) is 0. The largest absolute Gasteiger partial charge is 0.416 e. The van der Waals surface area contributed by atoms with Gasteiger partial charge < -0.3 is 4.43 Å². The molecule has 0 atom stereocenters. The molecule has 11 heavy (non-hydrogen) atoms. The van der Waals surface area contributed by atoms with Crippen molar-refractivity contribution in [3.05, 3.63) is 0 Å². The van der Waals surface area contributed by atoms with Crippen LogP contribution in [-0.2, 0) is 4.43 Å². The van der Waals surface area contributed by atoms with E-state index >= 15 is 0 Å². The van der Waals surface area contributed by atoms with Gasteiger partial charge in [0, 0.05) is 5.22 Å². The van der Waals surface area contributed by atoms with Gasteiger partial charge in [0.05, 0.1) is 8.80 Å². The highest BCUT2D eigenvalue weighted by Crippen LogP contribution is 2.19. The van der Waals surface area contributed by atoms with Crippen molar-refractivity contribution >= 4 is 17.1 Å². The molecule has 0 unspecified atom stereocenters. The molecule has 1 radical (unpaired) electrons. The van der Waals surface area contributed by atoms with E-state index in [0.29, 0.717) is 0 Å². The monoisotopic (exact) mass is 189 g/mol. The summed E-state index contributed by atoms with van der Waals surface area (Å²) in [6.07, 6.45) is 0. The Balaban J connectivity index is 4.13.